The van der Waals surface area contributed by atoms with Gasteiger partial charge in [0.25, 0.3) is 0 Å². The van der Waals surface area contributed by atoms with Crippen LogP contribution in [0.1, 0.15) is 171 Å². The Morgan fingerprint density at radius 1 is 0.149 bits per heavy atom. The molecule has 0 bridgehead atoms. The molecule has 0 saturated carbocycles. The lowest BCUT2D eigenvalue weighted by Gasteiger charge is -2.13. The van der Waals surface area contributed by atoms with Crippen LogP contribution >= 0.6 is 0 Å². The maximum Gasteiger partial charge on any atom is 0.148 e. The number of benzene rings is 2. The number of pyridine rings is 2. The van der Waals surface area contributed by atoms with Crippen LogP contribution in [0.25, 0.3) is 22.1 Å². The average Bonchev–Trinajstić information content (AvgIpc) is 3.34. The standard InChI is InChI=1S/2C14H18N2.2C10H15N.C8H12N2.C6H9N3.CH4/c2*1-7-8(2)10(4)14-13(9(7)3)15-11(5)12(6)16-14;2*1-6-7(2)9(4)11-10(5)8(6)3;1-5-6(2)10-8(4)7(3)9-5;1-4-5(2)8-9-6(3)7-4;/h2*1-6H3;2*1-5H3;1-4H3;1-3H3;1H4. The Hall–Kier alpha value is -6.49. The van der Waals surface area contributed by atoms with Gasteiger partial charge < -0.3 is 0 Å². The minimum absolute atomic E-state index is 0. The zero-order chi connectivity index (χ0) is 55.8. The molecule has 74 heavy (non-hydrogen) atoms. The second-order valence-electron chi connectivity index (χ2n) is 20.1. The van der Waals surface area contributed by atoms with Gasteiger partial charge in [-0.3, -0.25) is 19.9 Å². The van der Waals surface area contributed by atoms with E-state index in [-0.39, 0.29) is 7.43 Å². The van der Waals surface area contributed by atoms with Crippen molar-refractivity contribution in [3.8, 4) is 0 Å². The van der Waals surface area contributed by atoms with Crippen molar-refractivity contribution in [1.29, 1.82) is 0 Å². The number of fused-ring (bicyclic) bond motifs is 2. The van der Waals surface area contributed by atoms with E-state index in [0.29, 0.717) is 0 Å². The van der Waals surface area contributed by atoms with Crippen molar-refractivity contribution in [1.82, 2.24) is 55.1 Å². The summed E-state index contributed by atoms with van der Waals surface area (Å²) in [6, 6.07) is 0. The molecule has 398 valence electrons. The Morgan fingerprint density at radius 2 is 0.324 bits per heavy atom. The molecule has 6 heterocycles. The van der Waals surface area contributed by atoms with Crippen molar-refractivity contribution in [2.45, 2.75) is 208 Å². The highest BCUT2D eigenvalue weighted by molar-refractivity contribution is 5.85. The number of hydrogen-bond donors (Lipinski definition) is 0. The van der Waals surface area contributed by atoms with Crippen LogP contribution in [-0.2, 0) is 0 Å². The minimum Gasteiger partial charge on any atom is -0.258 e. The van der Waals surface area contributed by atoms with Gasteiger partial charge in [0.1, 0.15) is 5.82 Å². The summed E-state index contributed by atoms with van der Waals surface area (Å²) in [4.78, 5) is 40.3. The molecule has 0 aliphatic carbocycles. The normalized spacial score (nSPS) is 10.4. The van der Waals surface area contributed by atoms with E-state index in [1.165, 1.54) is 77.9 Å². The highest BCUT2D eigenvalue weighted by Gasteiger charge is 2.14. The molecular formula is C63H91N11. The summed E-state index contributed by atoms with van der Waals surface area (Å²) in [7, 11) is 0. The summed E-state index contributed by atoms with van der Waals surface area (Å²) < 4.78 is 0. The van der Waals surface area contributed by atoms with E-state index >= 15 is 0 Å². The smallest absolute Gasteiger partial charge is 0.148 e. The highest BCUT2D eigenvalue weighted by Crippen LogP contribution is 2.28. The summed E-state index contributed by atoms with van der Waals surface area (Å²) in [6.07, 6.45) is 0. The van der Waals surface area contributed by atoms with Gasteiger partial charge in [-0.05, 0) is 279 Å². The first-order chi connectivity index (χ1) is 33.7. The molecule has 0 saturated heterocycles. The molecule has 0 amide bonds. The van der Waals surface area contributed by atoms with Gasteiger partial charge in [-0.2, -0.15) is 5.10 Å². The van der Waals surface area contributed by atoms with E-state index in [4.69, 9.17) is 0 Å². The van der Waals surface area contributed by atoms with E-state index in [2.05, 4.69) is 180 Å². The van der Waals surface area contributed by atoms with Gasteiger partial charge in [0.15, 0.2) is 0 Å². The van der Waals surface area contributed by atoms with Gasteiger partial charge in [0, 0.05) is 22.8 Å². The summed E-state index contributed by atoms with van der Waals surface area (Å²) in [5.41, 5.74) is 37.4. The Labute approximate surface area is 446 Å². The van der Waals surface area contributed by atoms with Crippen LogP contribution in [-0.4, -0.2) is 55.1 Å². The Kier molecular flexibility index (Phi) is 22.9. The molecule has 8 aromatic rings. The summed E-state index contributed by atoms with van der Waals surface area (Å²) in [6.45, 7) is 59.9. The quantitative estimate of drug-likeness (QED) is 0.143. The van der Waals surface area contributed by atoms with Crippen LogP contribution < -0.4 is 0 Å². The van der Waals surface area contributed by atoms with Gasteiger partial charge in [0.2, 0.25) is 0 Å². The molecule has 0 aliphatic rings. The van der Waals surface area contributed by atoms with Crippen LogP contribution in [0.3, 0.4) is 0 Å². The van der Waals surface area contributed by atoms with Gasteiger partial charge in [-0.25, -0.2) is 24.9 Å². The van der Waals surface area contributed by atoms with E-state index in [0.717, 1.165) is 108 Å². The monoisotopic (exact) mass is 1000 g/mol. The number of nitrogens with zero attached hydrogens (tertiary/aromatic N) is 11. The SMILES string of the molecule is C.Cc1nc(C)c(C)c(C)c1C.Cc1nc(C)c(C)c(C)c1C.Cc1nc(C)c(C)nc1C.Cc1nc2c(C)c(C)c(C)c(C)c2nc1C.Cc1nc2c(C)c(C)c(C)c(C)c2nc1C.Cc1nnc(C)c(C)n1. The molecule has 11 nitrogen and oxygen atoms in total. The molecular weight excluding hydrogens is 911 g/mol. The Bertz CT molecular complexity index is 2950. The third-order valence-electron chi connectivity index (χ3n) is 15.4. The fraction of sp³-hybridized carbons (Fsp3) is 0.476. The molecule has 6 aromatic heterocycles. The number of aryl methyl sites for hydroxylation is 19. The van der Waals surface area contributed by atoms with E-state index in [9.17, 15) is 0 Å². The molecule has 11 heteroatoms. The van der Waals surface area contributed by atoms with E-state index in [1.807, 2.05) is 76.2 Å². The van der Waals surface area contributed by atoms with Gasteiger partial charge in [-0.1, -0.05) is 7.43 Å². The van der Waals surface area contributed by atoms with Crippen molar-refractivity contribution in [3.63, 3.8) is 0 Å². The van der Waals surface area contributed by atoms with Gasteiger partial charge in [0.05, 0.1) is 79.0 Å². The van der Waals surface area contributed by atoms with E-state index in [1.54, 1.807) is 0 Å². The summed E-state index contributed by atoms with van der Waals surface area (Å²) in [5, 5.41) is 7.64. The first-order valence-electron chi connectivity index (χ1n) is 25.4. The van der Waals surface area contributed by atoms with Crippen molar-refractivity contribution in [2.75, 3.05) is 0 Å². The van der Waals surface area contributed by atoms with Gasteiger partial charge in [-0.15, -0.1) is 5.10 Å². The van der Waals surface area contributed by atoms with Crippen molar-refractivity contribution in [3.05, 3.63) is 163 Å². The topological polar surface area (TPSA) is 142 Å². The lowest BCUT2D eigenvalue weighted by Crippen LogP contribution is -2.01. The average molecular weight is 1000 g/mol. The van der Waals surface area contributed by atoms with Crippen LogP contribution in [0, 0.1) is 201 Å². The predicted octanol–water partition coefficient (Wildman–Crippen LogP) is 15.4. The molecule has 0 radical (unpaired) electrons. The zero-order valence-corrected chi connectivity index (χ0v) is 50.4. The minimum atomic E-state index is 0. The Morgan fingerprint density at radius 3 is 0.527 bits per heavy atom. The summed E-state index contributed by atoms with van der Waals surface area (Å²) >= 11 is 0. The van der Waals surface area contributed by atoms with Gasteiger partial charge >= 0.3 is 0 Å². The lowest BCUT2D eigenvalue weighted by atomic mass is 9.97. The predicted molar refractivity (Wildman–Crippen MR) is 314 cm³/mol. The van der Waals surface area contributed by atoms with Crippen molar-refractivity contribution < 1.29 is 0 Å². The van der Waals surface area contributed by atoms with Crippen molar-refractivity contribution >= 4 is 22.1 Å². The molecule has 0 aliphatic heterocycles. The van der Waals surface area contributed by atoms with Crippen LogP contribution in [0.15, 0.2) is 0 Å². The molecule has 0 fully saturated rings. The first kappa shape index (κ1) is 63.6. The Balaban J connectivity index is 0.000000308. The molecule has 8 rings (SSSR count). The number of rotatable bonds is 0. The number of aromatic nitrogens is 11. The maximum atomic E-state index is 4.68. The molecule has 0 unspecified atom stereocenters. The van der Waals surface area contributed by atoms with E-state index < -0.39 is 0 Å². The largest absolute Gasteiger partial charge is 0.258 e. The van der Waals surface area contributed by atoms with Crippen LogP contribution in [0.5, 0.6) is 0 Å². The van der Waals surface area contributed by atoms with Crippen LogP contribution in [0.2, 0.25) is 0 Å². The third kappa shape index (κ3) is 15.1. The third-order valence-corrected chi connectivity index (χ3v) is 15.4. The zero-order valence-electron chi connectivity index (χ0n) is 50.4. The number of hydrogen-bond acceptors (Lipinski definition) is 11. The first-order valence-corrected chi connectivity index (χ1v) is 25.4. The summed E-state index contributed by atoms with van der Waals surface area (Å²) in [5.74, 6) is 0.734. The second kappa shape index (κ2) is 26.6. The highest BCUT2D eigenvalue weighted by atomic mass is 15.2. The lowest BCUT2D eigenvalue weighted by molar-refractivity contribution is 0.848. The molecule has 2 aromatic carbocycles. The maximum absolute atomic E-state index is 4.68. The molecule has 0 spiro atoms. The molecule has 0 atom stereocenters. The van der Waals surface area contributed by atoms with Crippen LogP contribution in [0.4, 0.5) is 0 Å². The molecule has 0 N–H and O–H groups in total. The fourth-order valence-electron chi connectivity index (χ4n) is 7.97. The fourth-order valence-corrected chi connectivity index (χ4v) is 7.97. The van der Waals surface area contributed by atoms with Crippen molar-refractivity contribution in [2.24, 2.45) is 0 Å². The second-order valence-corrected chi connectivity index (χ2v) is 20.1.